The Balaban J connectivity index is 1.12. The van der Waals surface area contributed by atoms with Crippen molar-refractivity contribution >= 4 is 21.9 Å². The number of rotatable bonds is 5. The molecule has 1 atom stereocenters. The van der Waals surface area contributed by atoms with Crippen molar-refractivity contribution in [2.45, 2.75) is 12.3 Å². The first-order valence-corrected chi connectivity index (χ1v) is 17.4. The Bertz CT molecular complexity index is 2760. The number of hydrogen-bond acceptors (Lipinski definition) is 3. The van der Waals surface area contributed by atoms with E-state index in [1.165, 1.54) is 27.8 Å². The predicted octanol–water partition coefficient (Wildman–Crippen LogP) is 12.4. The van der Waals surface area contributed by atoms with Gasteiger partial charge >= 0.3 is 0 Å². The Kier molecular flexibility index (Phi) is 6.62. The summed E-state index contributed by atoms with van der Waals surface area (Å²) in [6.07, 6.45) is 0. The molecule has 9 aromatic rings. The van der Waals surface area contributed by atoms with Crippen LogP contribution in [0.15, 0.2) is 180 Å². The van der Waals surface area contributed by atoms with Crippen LogP contribution in [0.4, 0.5) is 0 Å². The second-order valence-corrected chi connectivity index (χ2v) is 13.5. The molecule has 0 saturated heterocycles. The Morgan fingerprint density at radius 1 is 0.412 bits per heavy atom. The van der Waals surface area contributed by atoms with Crippen LogP contribution in [0.25, 0.3) is 78.1 Å². The lowest BCUT2D eigenvalue weighted by atomic mass is 9.74. The summed E-state index contributed by atoms with van der Waals surface area (Å²) in [4.78, 5) is 10.4. The van der Waals surface area contributed by atoms with Gasteiger partial charge in [-0.25, -0.2) is 9.97 Å². The summed E-state index contributed by atoms with van der Waals surface area (Å²) in [6, 6.07) is 62.2. The third-order valence-electron chi connectivity index (χ3n) is 10.6. The Hall–Kier alpha value is -6.58. The third-order valence-corrected chi connectivity index (χ3v) is 10.6. The average molecular weight is 653 g/mol. The van der Waals surface area contributed by atoms with Gasteiger partial charge < -0.3 is 4.42 Å². The molecule has 0 spiro atoms. The van der Waals surface area contributed by atoms with E-state index in [1.54, 1.807) is 0 Å². The number of furan rings is 1. The summed E-state index contributed by atoms with van der Waals surface area (Å²) in [7, 11) is 0. The monoisotopic (exact) mass is 652 g/mol. The highest BCUT2D eigenvalue weighted by Gasteiger charge is 2.40. The van der Waals surface area contributed by atoms with E-state index in [9.17, 15) is 0 Å². The van der Waals surface area contributed by atoms with Crippen LogP contribution in [0.3, 0.4) is 0 Å². The number of nitrogens with zero attached hydrogens (tertiary/aromatic N) is 2. The predicted molar refractivity (Wildman–Crippen MR) is 208 cm³/mol. The molecule has 51 heavy (non-hydrogen) atoms. The number of benzene rings is 7. The number of para-hydroxylation sites is 1. The van der Waals surface area contributed by atoms with Crippen molar-refractivity contribution in [3.8, 4) is 56.2 Å². The molecular weight excluding hydrogens is 621 g/mol. The number of fused-ring (bicyclic) bond motifs is 6. The second-order valence-electron chi connectivity index (χ2n) is 13.5. The normalized spacial score (nSPS) is 14.8. The molecule has 2 heterocycles. The van der Waals surface area contributed by atoms with Crippen LogP contribution in [-0.2, 0) is 5.41 Å². The molecule has 0 aliphatic heterocycles. The van der Waals surface area contributed by atoms with Gasteiger partial charge in [-0.1, -0.05) is 140 Å². The van der Waals surface area contributed by atoms with Crippen molar-refractivity contribution in [3.63, 3.8) is 0 Å². The highest BCUT2D eigenvalue weighted by molar-refractivity contribution is 6.06. The van der Waals surface area contributed by atoms with Gasteiger partial charge in [0.1, 0.15) is 11.2 Å². The molecule has 3 heteroatoms. The Labute approximate surface area is 296 Å². The molecule has 1 unspecified atom stereocenters. The first kappa shape index (κ1) is 29.3. The van der Waals surface area contributed by atoms with Crippen LogP contribution in [-0.4, -0.2) is 9.97 Å². The summed E-state index contributed by atoms with van der Waals surface area (Å²) in [5.74, 6) is 0.703. The summed E-state index contributed by atoms with van der Waals surface area (Å²) in [5.41, 5.74) is 15.1. The maximum Gasteiger partial charge on any atom is 0.160 e. The molecule has 0 N–H and O–H groups in total. The highest BCUT2D eigenvalue weighted by Crippen LogP contribution is 2.53. The van der Waals surface area contributed by atoms with Crippen molar-refractivity contribution in [2.75, 3.05) is 0 Å². The number of hydrogen-bond donors (Lipinski definition) is 0. The largest absolute Gasteiger partial charge is 0.456 e. The molecule has 10 rings (SSSR count). The lowest BCUT2D eigenvalue weighted by Crippen LogP contribution is -2.22. The van der Waals surface area contributed by atoms with Gasteiger partial charge in [-0.2, -0.15) is 0 Å². The molecule has 240 valence electrons. The van der Waals surface area contributed by atoms with Crippen molar-refractivity contribution in [2.24, 2.45) is 0 Å². The van der Waals surface area contributed by atoms with Gasteiger partial charge in [0.25, 0.3) is 0 Å². The Morgan fingerprint density at radius 2 is 1.02 bits per heavy atom. The summed E-state index contributed by atoms with van der Waals surface area (Å²) in [5, 5.41) is 2.24. The fourth-order valence-electron chi connectivity index (χ4n) is 7.96. The van der Waals surface area contributed by atoms with E-state index in [2.05, 4.69) is 153 Å². The average Bonchev–Trinajstić information content (AvgIpc) is 3.71. The molecule has 0 bridgehead atoms. The van der Waals surface area contributed by atoms with Crippen molar-refractivity contribution < 1.29 is 4.42 Å². The second kappa shape index (κ2) is 11.5. The van der Waals surface area contributed by atoms with Crippen molar-refractivity contribution in [1.29, 1.82) is 0 Å². The Morgan fingerprint density at radius 3 is 1.86 bits per heavy atom. The zero-order valence-electron chi connectivity index (χ0n) is 28.0. The van der Waals surface area contributed by atoms with E-state index in [4.69, 9.17) is 14.4 Å². The van der Waals surface area contributed by atoms with E-state index in [-0.39, 0.29) is 5.41 Å². The molecule has 1 aliphatic rings. The standard InChI is InChI=1S/C48H32N2O/c1-48(36-17-6-3-7-18-36)41-21-10-8-19-37(41)38-25-23-35(29-42(38)48)44-30-43(49-47(50-44)31-13-4-2-5-14-31)34-16-12-15-32(27-34)33-24-26-46-40(28-33)39-20-9-11-22-45(39)51-46/h2-30H,1H3. The van der Waals surface area contributed by atoms with Crippen LogP contribution in [0.2, 0.25) is 0 Å². The summed E-state index contributed by atoms with van der Waals surface area (Å²) < 4.78 is 6.11. The van der Waals surface area contributed by atoms with E-state index in [0.717, 1.165) is 61.1 Å². The van der Waals surface area contributed by atoms with E-state index >= 15 is 0 Å². The molecule has 2 aromatic heterocycles. The highest BCUT2D eigenvalue weighted by atomic mass is 16.3. The minimum atomic E-state index is -0.295. The first-order valence-electron chi connectivity index (χ1n) is 17.4. The van der Waals surface area contributed by atoms with Gasteiger partial charge in [-0.15, -0.1) is 0 Å². The quantitative estimate of drug-likeness (QED) is 0.186. The smallest absolute Gasteiger partial charge is 0.160 e. The fourth-order valence-corrected chi connectivity index (χ4v) is 7.96. The topological polar surface area (TPSA) is 38.9 Å². The minimum absolute atomic E-state index is 0.295. The molecular formula is C48H32N2O. The summed E-state index contributed by atoms with van der Waals surface area (Å²) >= 11 is 0. The minimum Gasteiger partial charge on any atom is -0.456 e. The van der Waals surface area contributed by atoms with E-state index in [1.807, 2.05) is 30.3 Å². The van der Waals surface area contributed by atoms with Crippen LogP contribution in [0, 0.1) is 0 Å². The zero-order chi connectivity index (χ0) is 33.9. The van der Waals surface area contributed by atoms with Gasteiger partial charge in [-0.3, -0.25) is 0 Å². The lowest BCUT2D eigenvalue weighted by Gasteiger charge is -2.28. The van der Waals surface area contributed by atoms with Gasteiger partial charge in [0.2, 0.25) is 0 Å². The lowest BCUT2D eigenvalue weighted by molar-refractivity contribution is 0.669. The maximum atomic E-state index is 6.11. The summed E-state index contributed by atoms with van der Waals surface area (Å²) in [6.45, 7) is 2.35. The van der Waals surface area contributed by atoms with Crippen LogP contribution in [0.1, 0.15) is 23.6 Å². The fraction of sp³-hybridized carbons (Fsp3) is 0.0417. The van der Waals surface area contributed by atoms with E-state index in [0.29, 0.717) is 5.82 Å². The molecule has 3 nitrogen and oxygen atoms in total. The van der Waals surface area contributed by atoms with Crippen molar-refractivity contribution in [1.82, 2.24) is 9.97 Å². The third kappa shape index (κ3) is 4.74. The van der Waals surface area contributed by atoms with Crippen LogP contribution in [0.5, 0.6) is 0 Å². The van der Waals surface area contributed by atoms with Crippen LogP contribution < -0.4 is 0 Å². The van der Waals surface area contributed by atoms with Gasteiger partial charge in [0.15, 0.2) is 5.82 Å². The molecule has 0 amide bonds. The van der Waals surface area contributed by atoms with Crippen LogP contribution >= 0.6 is 0 Å². The first-order chi connectivity index (χ1) is 25.1. The molecule has 0 radical (unpaired) electrons. The van der Waals surface area contributed by atoms with Gasteiger partial charge in [0, 0.05) is 32.9 Å². The molecule has 0 fully saturated rings. The van der Waals surface area contributed by atoms with Gasteiger partial charge in [0.05, 0.1) is 11.4 Å². The zero-order valence-corrected chi connectivity index (χ0v) is 28.0. The maximum absolute atomic E-state index is 6.11. The number of aromatic nitrogens is 2. The molecule has 7 aromatic carbocycles. The van der Waals surface area contributed by atoms with Crippen molar-refractivity contribution in [3.05, 3.63) is 193 Å². The molecule has 0 saturated carbocycles. The van der Waals surface area contributed by atoms with Gasteiger partial charge in [-0.05, 0) is 82.3 Å². The van der Waals surface area contributed by atoms with E-state index < -0.39 is 0 Å². The molecule has 1 aliphatic carbocycles. The SMILES string of the molecule is CC1(c2ccccc2)c2ccccc2-c2ccc(-c3cc(-c4cccc(-c5ccc6oc7ccccc7c6c5)c4)nc(-c4ccccc4)n3)cc21.